The number of carbonyl (C=O) groups is 3. The number of thiazole rings is 1. The molecule has 0 spiro atoms. The van der Waals surface area contributed by atoms with Crippen LogP contribution in [-0.4, -0.2) is 33.6 Å². The van der Waals surface area contributed by atoms with E-state index in [0.29, 0.717) is 10.2 Å². The highest BCUT2D eigenvalue weighted by Gasteiger charge is 2.50. The van der Waals surface area contributed by atoms with Crippen LogP contribution in [0.25, 0.3) is 10.2 Å². The third-order valence-electron chi connectivity index (χ3n) is 5.22. The van der Waals surface area contributed by atoms with Crippen molar-refractivity contribution in [2.75, 3.05) is 5.32 Å². The van der Waals surface area contributed by atoms with Crippen LogP contribution < -0.4 is 5.32 Å². The lowest BCUT2D eigenvalue weighted by Gasteiger charge is -2.21. The Balaban J connectivity index is 1.52. The van der Waals surface area contributed by atoms with Gasteiger partial charge < -0.3 is 5.32 Å². The molecule has 2 fully saturated rings. The van der Waals surface area contributed by atoms with Gasteiger partial charge in [-0.3, -0.25) is 19.3 Å². The summed E-state index contributed by atoms with van der Waals surface area (Å²) in [6.07, 6.45) is 3.39. The Labute approximate surface area is 159 Å². The maximum atomic E-state index is 12.6. The maximum Gasteiger partial charge on any atom is 0.249 e. The smallest absolute Gasteiger partial charge is 0.249 e. The van der Waals surface area contributed by atoms with Gasteiger partial charge in [-0.1, -0.05) is 35.8 Å². The molecule has 1 aromatic carbocycles. The van der Waals surface area contributed by atoms with Gasteiger partial charge in [0, 0.05) is 5.02 Å². The van der Waals surface area contributed by atoms with Crippen LogP contribution in [0.4, 0.5) is 5.13 Å². The van der Waals surface area contributed by atoms with Crippen LogP contribution in [-0.2, 0) is 14.4 Å². The fourth-order valence-corrected chi connectivity index (χ4v) is 4.99. The van der Waals surface area contributed by atoms with E-state index in [0.717, 1.165) is 40.8 Å². The average Bonchev–Trinajstić information content (AvgIpc) is 3.13. The summed E-state index contributed by atoms with van der Waals surface area (Å²) in [6.45, 7) is 1.59. The Kier molecular flexibility index (Phi) is 4.44. The molecule has 1 aromatic heterocycles. The van der Waals surface area contributed by atoms with Crippen molar-refractivity contribution in [2.45, 2.75) is 38.6 Å². The predicted molar refractivity (Wildman–Crippen MR) is 100 cm³/mol. The second kappa shape index (κ2) is 6.63. The van der Waals surface area contributed by atoms with Crippen LogP contribution in [0.1, 0.15) is 32.6 Å². The Bertz CT molecular complexity index is 888. The number of fused-ring (bicyclic) bond motifs is 2. The fraction of sp³-hybridized carbons (Fsp3) is 0.444. The van der Waals surface area contributed by atoms with E-state index >= 15 is 0 Å². The van der Waals surface area contributed by atoms with Crippen molar-refractivity contribution < 1.29 is 14.4 Å². The van der Waals surface area contributed by atoms with Crippen LogP contribution in [0.15, 0.2) is 18.2 Å². The topological polar surface area (TPSA) is 79.4 Å². The van der Waals surface area contributed by atoms with Crippen molar-refractivity contribution in [1.82, 2.24) is 9.88 Å². The zero-order valence-corrected chi connectivity index (χ0v) is 15.8. The largest absolute Gasteiger partial charge is 0.300 e. The first-order chi connectivity index (χ1) is 12.5. The van der Waals surface area contributed by atoms with Gasteiger partial charge in [0.25, 0.3) is 0 Å². The number of rotatable bonds is 3. The number of halogens is 1. The highest BCUT2D eigenvalue weighted by Crippen LogP contribution is 2.39. The summed E-state index contributed by atoms with van der Waals surface area (Å²) in [5, 5.41) is 3.76. The van der Waals surface area contributed by atoms with E-state index in [2.05, 4.69) is 10.3 Å². The Morgan fingerprint density at radius 1 is 1.27 bits per heavy atom. The van der Waals surface area contributed by atoms with Gasteiger partial charge in [0.1, 0.15) is 6.04 Å². The molecule has 26 heavy (non-hydrogen) atoms. The number of imide groups is 1. The quantitative estimate of drug-likeness (QED) is 0.812. The van der Waals surface area contributed by atoms with Gasteiger partial charge in [-0.25, -0.2) is 4.98 Å². The molecule has 1 aliphatic heterocycles. The number of hydrogen-bond acceptors (Lipinski definition) is 5. The van der Waals surface area contributed by atoms with Gasteiger partial charge in [-0.05, 0) is 38.0 Å². The van der Waals surface area contributed by atoms with Crippen molar-refractivity contribution in [3.63, 3.8) is 0 Å². The van der Waals surface area contributed by atoms with E-state index in [1.807, 2.05) is 0 Å². The Morgan fingerprint density at radius 3 is 2.58 bits per heavy atom. The van der Waals surface area contributed by atoms with Crippen molar-refractivity contribution in [1.29, 1.82) is 0 Å². The van der Waals surface area contributed by atoms with Gasteiger partial charge >= 0.3 is 0 Å². The molecule has 1 saturated carbocycles. The summed E-state index contributed by atoms with van der Waals surface area (Å²) in [7, 11) is 0. The summed E-state index contributed by atoms with van der Waals surface area (Å²) in [5.41, 5.74) is 0.738. The number of nitrogens with one attached hydrogen (secondary N) is 1. The monoisotopic (exact) mass is 391 g/mol. The molecule has 3 unspecified atom stereocenters. The van der Waals surface area contributed by atoms with E-state index in [4.69, 9.17) is 11.6 Å². The summed E-state index contributed by atoms with van der Waals surface area (Å²) in [4.78, 5) is 43.4. The lowest BCUT2D eigenvalue weighted by Crippen LogP contribution is -2.46. The zero-order chi connectivity index (χ0) is 18.4. The molecule has 0 bridgehead atoms. The van der Waals surface area contributed by atoms with E-state index in [1.165, 1.54) is 11.3 Å². The lowest BCUT2D eigenvalue weighted by atomic mass is 9.81. The molecule has 2 aromatic rings. The number of carbonyl (C=O) groups excluding carboxylic acids is 3. The third kappa shape index (κ3) is 2.89. The van der Waals surface area contributed by atoms with Gasteiger partial charge in [-0.2, -0.15) is 0 Å². The first kappa shape index (κ1) is 17.4. The molecule has 2 aliphatic rings. The summed E-state index contributed by atoms with van der Waals surface area (Å²) in [5.74, 6) is -1.33. The maximum absolute atomic E-state index is 12.6. The number of amides is 3. The van der Waals surface area contributed by atoms with Crippen LogP contribution in [0.5, 0.6) is 0 Å². The van der Waals surface area contributed by atoms with E-state index in [-0.39, 0.29) is 23.7 Å². The highest BCUT2D eigenvalue weighted by atomic mass is 35.5. The molecule has 6 nitrogen and oxygen atoms in total. The molecule has 8 heteroatoms. The number of anilines is 1. The van der Waals surface area contributed by atoms with E-state index in [1.54, 1.807) is 25.1 Å². The second-order valence-corrected chi connectivity index (χ2v) is 8.31. The number of nitrogens with zero attached hydrogens (tertiary/aromatic N) is 2. The predicted octanol–water partition coefficient (Wildman–Crippen LogP) is 3.45. The highest BCUT2D eigenvalue weighted by molar-refractivity contribution is 7.22. The molecule has 1 aliphatic carbocycles. The lowest BCUT2D eigenvalue weighted by molar-refractivity contribution is -0.146. The molecule has 136 valence electrons. The van der Waals surface area contributed by atoms with E-state index in [9.17, 15) is 14.4 Å². The minimum Gasteiger partial charge on any atom is -0.300 e. The molecular formula is C18H18ClN3O3S. The Morgan fingerprint density at radius 2 is 1.92 bits per heavy atom. The molecular weight excluding hydrogens is 374 g/mol. The van der Waals surface area contributed by atoms with Crippen molar-refractivity contribution in [3.05, 3.63) is 23.2 Å². The second-order valence-electron chi connectivity index (χ2n) is 6.84. The van der Waals surface area contributed by atoms with Crippen molar-refractivity contribution in [3.8, 4) is 0 Å². The van der Waals surface area contributed by atoms with Gasteiger partial charge in [-0.15, -0.1) is 0 Å². The first-order valence-corrected chi connectivity index (χ1v) is 9.89. The van der Waals surface area contributed by atoms with Crippen molar-refractivity contribution >= 4 is 56.0 Å². The number of benzene rings is 1. The minimum absolute atomic E-state index is 0.210. The number of likely N-dealkylation sites (tertiary alicyclic amines) is 1. The van der Waals surface area contributed by atoms with Gasteiger partial charge in [0.05, 0.1) is 22.1 Å². The van der Waals surface area contributed by atoms with Crippen molar-refractivity contribution in [2.24, 2.45) is 11.8 Å². The third-order valence-corrected chi connectivity index (χ3v) is 6.39. The van der Waals surface area contributed by atoms with Gasteiger partial charge in [0.2, 0.25) is 17.7 Å². The van der Waals surface area contributed by atoms with Crippen LogP contribution in [0, 0.1) is 11.8 Å². The molecule has 1 saturated heterocycles. The average molecular weight is 392 g/mol. The molecule has 4 rings (SSSR count). The Hall–Kier alpha value is -1.99. The molecule has 3 amide bonds. The normalized spacial score (nSPS) is 24.0. The summed E-state index contributed by atoms with van der Waals surface area (Å²) < 4.78 is 0.861. The number of aromatic nitrogens is 1. The fourth-order valence-electron chi connectivity index (χ4n) is 3.85. The zero-order valence-electron chi connectivity index (χ0n) is 14.2. The van der Waals surface area contributed by atoms with Crippen LogP contribution in [0.3, 0.4) is 0 Å². The van der Waals surface area contributed by atoms with Gasteiger partial charge in [0.15, 0.2) is 5.13 Å². The van der Waals surface area contributed by atoms with Crippen LogP contribution >= 0.6 is 22.9 Å². The standard InChI is InChI=1S/C18H18ClN3O3S/c1-9(22-16(24)11-4-2-3-5-12(11)17(22)25)15(23)21-18-20-13-7-6-10(19)8-14(13)26-18/h6-9,11-12H,2-5H2,1H3,(H,20,21,23). The molecule has 0 radical (unpaired) electrons. The summed E-state index contributed by atoms with van der Waals surface area (Å²) >= 11 is 7.28. The summed E-state index contributed by atoms with van der Waals surface area (Å²) in [6, 6.07) is 4.45. The molecule has 2 heterocycles. The SMILES string of the molecule is CC(C(=O)Nc1nc2ccc(Cl)cc2s1)N1C(=O)C2CCCCC2C1=O. The molecule has 1 N–H and O–H groups in total. The van der Waals surface area contributed by atoms with Crippen LogP contribution in [0.2, 0.25) is 5.02 Å². The number of hydrogen-bond donors (Lipinski definition) is 1. The molecule has 3 atom stereocenters. The van der Waals surface area contributed by atoms with E-state index < -0.39 is 11.9 Å². The first-order valence-electron chi connectivity index (χ1n) is 8.69. The minimum atomic E-state index is -0.851.